The van der Waals surface area contributed by atoms with E-state index in [2.05, 4.69) is 18.6 Å². The van der Waals surface area contributed by atoms with Crippen LogP contribution in [0.4, 0.5) is 0 Å². The van der Waals surface area contributed by atoms with Gasteiger partial charge in [-0.3, -0.25) is 9.59 Å². The van der Waals surface area contributed by atoms with Crippen molar-refractivity contribution in [2.75, 3.05) is 0 Å². The number of carbonyl (C=O) groups is 2. The van der Waals surface area contributed by atoms with Gasteiger partial charge in [-0.25, -0.2) is 4.99 Å². The summed E-state index contributed by atoms with van der Waals surface area (Å²) >= 11 is 0. The fourth-order valence-electron chi connectivity index (χ4n) is 1.20. The first-order valence-electron chi connectivity index (χ1n) is 5.22. The number of hydrogen-bond donors (Lipinski definition) is 0. The van der Waals surface area contributed by atoms with Crippen LogP contribution < -0.4 is 0 Å². The van der Waals surface area contributed by atoms with Gasteiger partial charge < -0.3 is 0 Å². The van der Waals surface area contributed by atoms with E-state index in [1.54, 1.807) is 0 Å². The van der Waals surface area contributed by atoms with Gasteiger partial charge in [0.15, 0.2) is 0 Å². The molecular weight excluding hydrogens is 178 g/mol. The largest absolute Gasteiger partial charge is 0.300 e. The predicted octanol–water partition coefficient (Wildman–Crippen LogP) is 2.53. The Morgan fingerprint density at radius 2 is 1.79 bits per heavy atom. The van der Waals surface area contributed by atoms with Crippen molar-refractivity contribution in [3.05, 3.63) is 0 Å². The highest BCUT2D eigenvalue weighted by Gasteiger charge is 2.04. The number of Topliss-reactive ketones (excluding diaryl/α,β-unsaturated/α-hetero) is 1. The third-order valence-corrected chi connectivity index (χ3v) is 2.10. The Hall–Kier alpha value is -0.990. The van der Waals surface area contributed by atoms with Crippen LogP contribution >= 0.6 is 0 Å². The van der Waals surface area contributed by atoms with Crippen molar-refractivity contribution >= 4 is 18.4 Å². The molecule has 0 heterocycles. The summed E-state index contributed by atoms with van der Waals surface area (Å²) in [5, 5.41) is 0. The summed E-state index contributed by atoms with van der Waals surface area (Å²) in [5.41, 5.74) is 0. The molecule has 0 fully saturated rings. The Bertz CT molecular complexity index is 199. The van der Waals surface area contributed by atoms with Gasteiger partial charge in [0.25, 0.3) is 0 Å². The maximum Gasteiger partial charge on any atom is 0.245 e. The third-order valence-electron chi connectivity index (χ3n) is 2.10. The maximum atomic E-state index is 11.2. The smallest absolute Gasteiger partial charge is 0.245 e. The zero-order valence-electron chi connectivity index (χ0n) is 8.92. The third kappa shape index (κ3) is 7.65. The Labute approximate surface area is 85.6 Å². The summed E-state index contributed by atoms with van der Waals surface area (Å²) in [5.74, 6) is -0.120. The van der Waals surface area contributed by atoms with Crippen LogP contribution in [0, 0.1) is 0 Å². The molecule has 0 unspecified atom stereocenters. The molecule has 0 atom stereocenters. The number of aliphatic imine (C=N–C) groups is 1. The highest BCUT2D eigenvalue weighted by atomic mass is 16.1. The van der Waals surface area contributed by atoms with Crippen molar-refractivity contribution in [3.63, 3.8) is 0 Å². The van der Waals surface area contributed by atoms with Crippen molar-refractivity contribution in [2.24, 2.45) is 4.99 Å². The number of nitrogens with zero attached hydrogens (tertiary/aromatic N) is 1. The fraction of sp³-hybridized carbons (Fsp3) is 0.727. The summed E-state index contributed by atoms with van der Waals surface area (Å²) in [4.78, 5) is 25.2. The topological polar surface area (TPSA) is 46.5 Å². The number of rotatable bonds is 8. The van der Waals surface area contributed by atoms with Crippen LogP contribution in [0.5, 0.6) is 0 Å². The lowest BCUT2D eigenvalue weighted by atomic mass is 10.1. The van der Waals surface area contributed by atoms with Crippen LogP contribution in [0.2, 0.25) is 0 Å². The molecule has 0 rings (SSSR count). The van der Waals surface area contributed by atoms with Crippen molar-refractivity contribution in [3.8, 4) is 0 Å². The summed E-state index contributed by atoms with van der Waals surface area (Å²) in [6.45, 7) is 5.25. The zero-order valence-corrected chi connectivity index (χ0v) is 8.92. The SMILES string of the molecule is C=NC(=O)CCC(=O)CCCCCC. The lowest BCUT2D eigenvalue weighted by Gasteiger charge is -1.98. The van der Waals surface area contributed by atoms with E-state index in [0.717, 1.165) is 12.8 Å². The molecule has 0 saturated carbocycles. The Kier molecular flexibility index (Phi) is 7.99. The van der Waals surface area contributed by atoms with Gasteiger partial charge in [0.2, 0.25) is 5.91 Å². The van der Waals surface area contributed by atoms with Gasteiger partial charge >= 0.3 is 0 Å². The lowest BCUT2D eigenvalue weighted by molar-refractivity contribution is -0.123. The van der Waals surface area contributed by atoms with Gasteiger partial charge in [-0.1, -0.05) is 26.2 Å². The highest BCUT2D eigenvalue weighted by Crippen LogP contribution is 2.05. The molecule has 0 spiro atoms. The fourth-order valence-corrected chi connectivity index (χ4v) is 1.20. The van der Waals surface area contributed by atoms with Crippen LogP contribution in [0.3, 0.4) is 0 Å². The van der Waals surface area contributed by atoms with E-state index in [0.29, 0.717) is 12.8 Å². The van der Waals surface area contributed by atoms with Gasteiger partial charge in [-0.15, -0.1) is 0 Å². The van der Waals surface area contributed by atoms with Crippen LogP contribution in [-0.2, 0) is 9.59 Å². The minimum Gasteiger partial charge on any atom is -0.300 e. The molecule has 0 bridgehead atoms. The van der Waals surface area contributed by atoms with Gasteiger partial charge in [-0.05, 0) is 13.1 Å². The van der Waals surface area contributed by atoms with Crippen molar-refractivity contribution in [1.29, 1.82) is 0 Å². The van der Waals surface area contributed by atoms with E-state index in [1.165, 1.54) is 12.8 Å². The second kappa shape index (κ2) is 8.60. The summed E-state index contributed by atoms with van der Waals surface area (Å²) < 4.78 is 0. The Balaban J connectivity index is 3.37. The minimum absolute atomic E-state index is 0.165. The van der Waals surface area contributed by atoms with Gasteiger partial charge in [-0.2, -0.15) is 0 Å². The van der Waals surface area contributed by atoms with Gasteiger partial charge in [0.1, 0.15) is 5.78 Å². The maximum absolute atomic E-state index is 11.2. The first kappa shape index (κ1) is 13.0. The summed E-state index contributed by atoms with van der Waals surface area (Å²) in [6, 6.07) is 0. The van der Waals surface area contributed by atoms with E-state index < -0.39 is 0 Å². The molecular formula is C11H19NO2. The van der Waals surface area contributed by atoms with E-state index in [4.69, 9.17) is 0 Å². The van der Waals surface area contributed by atoms with Gasteiger partial charge in [0, 0.05) is 19.3 Å². The Morgan fingerprint density at radius 1 is 1.07 bits per heavy atom. The molecule has 0 saturated heterocycles. The summed E-state index contributed by atoms with van der Waals surface area (Å²) in [6.07, 6.45) is 5.55. The lowest BCUT2D eigenvalue weighted by Crippen LogP contribution is -2.01. The molecule has 0 aliphatic heterocycles. The van der Waals surface area contributed by atoms with Gasteiger partial charge in [0.05, 0.1) is 0 Å². The van der Waals surface area contributed by atoms with Crippen LogP contribution in [0.1, 0.15) is 51.9 Å². The molecule has 0 aromatic rings. The Morgan fingerprint density at radius 3 is 2.36 bits per heavy atom. The normalized spacial score (nSPS) is 9.79. The van der Waals surface area contributed by atoms with E-state index >= 15 is 0 Å². The number of unbranched alkanes of at least 4 members (excludes halogenated alkanes) is 3. The molecule has 0 aliphatic rings. The monoisotopic (exact) mass is 197 g/mol. The molecule has 3 heteroatoms. The second-order valence-electron chi connectivity index (χ2n) is 3.40. The average molecular weight is 197 g/mol. The standard InChI is InChI=1S/C11H19NO2/c1-3-4-5-6-7-10(13)8-9-11(14)12-2/h2-9H2,1H3. The molecule has 0 radical (unpaired) electrons. The van der Waals surface area contributed by atoms with Crippen LogP contribution in [0.25, 0.3) is 0 Å². The molecule has 0 aliphatic carbocycles. The van der Waals surface area contributed by atoms with E-state index in [-0.39, 0.29) is 18.1 Å². The van der Waals surface area contributed by atoms with Crippen molar-refractivity contribution < 1.29 is 9.59 Å². The highest BCUT2D eigenvalue weighted by molar-refractivity contribution is 5.86. The molecule has 14 heavy (non-hydrogen) atoms. The number of amides is 1. The molecule has 1 amide bonds. The number of carbonyl (C=O) groups excluding carboxylic acids is 2. The molecule has 80 valence electrons. The quantitative estimate of drug-likeness (QED) is 0.443. The van der Waals surface area contributed by atoms with Crippen molar-refractivity contribution in [2.45, 2.75) is 51.9 Å². The average Bonchev–Trinajstić information content (AvgIpc) is 2.21. The van der Waals surface area contributed by atoms with E-state index in [1.807, 2.05) is 0 Å². The summed E-state index contributed by atoms with van der Waals surface area (Å²) in [7, 11) is 0. The molecule has 3 nitrogen and oxygen atoms in total. The molecule has 0 aromatic carbocycles. The van der Waals surface area contributed by atoms with Crippen molar-refractivity contribution in [1.82, 2.24) is 0 Å². The minimum atomic E-state index is -0.285. The van der Waals surface area contributed by atoms with Crippen LogP contribution in [0.15, 0.2) is 4.99 Å². The first-order chi connectivity index (χ1) is 6.70. The number of hydrogen-bond acceptors (Lipinski definition) is 2. The zero-order chi connectivity index (χ0) is 10.8. The number of ketones is 1. The first-order valence-corrected chi connectivity index (χ1v) is 5.22. The molecule has 0 N–H and O–H groups in total. The van der Waals surface area contributed by atoms with E-state index in [9.17, 15) is 9.59 Å². The predicted molar refractivity (Wildman–Crippen MR) is 57.6 cm³/mol. The second-order valence-corrected chi connectivity index (χ2v) is 3.40. The van der Waals surface area contributed by atoms with Crippen LogP contribution in [-0.4, -0.2) is 18.4 Å². The molecule has 0 aromatic heterocycles.